The fraction of sp³-hybridized carbons (Fsp3) is 0.800. The lowest BCUT2D eigenvalue weighted by Crippen LogP contribution is -2.27. The van der Waals surface area contributed by atoms with E-state index >= 15 is 0 Å². The van der Waals surface area contributed by atoms with E-state index in [0.717, 1.165) is 12.8 Å². The molecule has 0 unspecified atom stereocenters. The van der Waals surface area contributed by atoms with Crippen molar-refractivity contribution in [1.29, 1.82) is 0 Å². The Morgan fingerprint density at radius 3 is 1.52 bits per heavy atom. The van der Waals surface area contributed by atoms with Crippen molar-refractivity contribution in [3.63, 3.8) is 0 Å². The number of unbranched alkanes of at least 4 members (excludes halogenated alkanes) is 13. The van der Waals surface area contributed by atoms with E-state index in [2.05, 4.69) is 11.9 Å². The van der Waals surface area contributed by atoms with Crippen LogP contribution in [0, 0.1) is 0 Å². The summed E-state index contributed by atoms with van der Waals surface area (Å²) in [6.45, 7) is 5.12. The van der Waals surface area contributed by atoms with E-state index in [1.807, 2.05) is 6.08 Å². The van der Waals surface area contributed by atoms with Crippen LogP contribution in [0.5, 0.6) is 0 Å². The number of nitrogens with one attached hydrogen (secondary N) is 1. The van der Waals surface area contributed by atoms with Gasteiger partial charge in [-0.25, -0.2) is 0 Å². The Hall–Kier alpha value is -1.12. The number of imide groups is 1. The van der Waals surface area contributed by atoms with Crippen LogP contribution in [0.1, 0.15) is 103 Å². The van der Waals surface area contributed by atoms with Gasteiger partial charge >= 0.3 is 0 Å². The Bertz CT molecular complexity index is 313. The van der Waals surface area contributed by atoms with Gasteiger partial charge in [-0.3, -0.25) is 14.9 Å². The summed E-state index contributed by atoms with van der Waals surface area (Å²) in [6.07, 6.45) is 20.4. The van der Waals surface area contributed by atoms with Crippen LogP contribution in [0.2, 0.25) is 0 Å². The number of hydrogen-bond acceptors (Lipinski definition) is 2. The molecule has 0 aliphatic rings. The van der Waals surface area contributed by atoms with Crippen molar-refractivity contribution in [2.24, 2.45) is 0 Å². The molecule has 3 nitrogen and oxygen atoms in total. The van der Waals surface area contributed by atoms with Gasteiger partial charge in [0.2, 0.25) is 11.8 Å². The molecule has 0 aromatic carbocycles. The summed E-state index contributed by atoms with van der Waals surface area (Å²) in [6, 6.07) is 0. The van der Waals surface area contributed by atoms with E-state index in [-0.39, 0.29) is 11.8 Å². The molecule has 0 fully saturated rings. The van der Waals surface area contributed by atoms with Gasteiger partial charge in [0.15, 0.2) is 0 Å². The van der Waals surface area contributed by atoms with Gasteiger partial charge in [-0.2, -0.15) is 0 Å². The van der Waals surface area contributed by atoms with Crippen LogP contribution in [0.3, 0.4) is 0 Å². The minimum Gasteiger partial charge on any atom is -0.297 e. The first-order chi connectivity index (χ1) is 11.2. The Labute approximate surface area is 143 Å². The summed E-state index contributed by atoms with van der Waals surface area (Å²) in [5.41, 5.74) is 0. The van der Waals surface area contributed by atoms with Crippen molar-refractivity contribution >= 4 is 11.8 Å². The van der Waals surface area contributed by atoms with Gasteiger partial charge in [-0.15, -0.1) is 6.58 Å². The van der Waals surface area contributed by atoms with Crippen molar-refractivity contribution in [3.8, 4) is 0 Å². The minimum absolute atomic E-state index is 0.137. The third-order valence-electron chi connectivity index (χ3n) is 4.13. The Morgan fingerprint density at radius 1 is 0.739 bits per heavy atom. The van der Waals surface area contributed by atoms with Gasteiger partial charge < -0.3 is 0 Å². The molecule has 3 heteroatoms. The number of carbonyl (C=O) groups is 2. The summed E-state index contributed by atoms with van der Waals surface area (Å²) in [5.74, 6) is -0.395. The second-order valence-corrected chi connectivity index (χ2v) is 6.53. The first-order valence-electron chi connectivity index (χ1n) is 9.58. The highest BCUT2D eigenvalue weighted by Gasteiger charge is 2.02. The van der Waals surface area contributed by atoms with Crippen LogP contribution in [-0.4, -0.2) is 11.8 Å². The fourth-order valence-electron chi connectivity index (χ4n) is 2.78. The van der Waals surface area contributed by atoms with E-state index in [1.54, 1.807) is 0 Å². The lowest BCUT2D eigenvalue weighted by atomic mass is 10.0. The predicted molar refractivity (Wildman–Crippen MR) is 98.3 cm³/mol. The Balaban J connectivity index is 3.09. The maximum atomic E-state index is 11.3. The molecule has 23 heavy (non-hydrogen) atoms. The van der Waals surface area contributed by atoms with E-state index in [1.165, 1.54) is 84.0 Å². The molecule has 0 atom stereocenters. The predicted octanol–water partition coefficient (Wildman–Crippen LogP) is 5.69. The average Bonchev–Trinajstić information content (AvgIpc) is 2.50. The zero-order chi connectivity index (χ0) is 17.2. The summed E-state index contributed by atoms with van der Waals surface area (Å²) < 4.78 is 0. The SMILES string of the molecule is C=CCCCCCCCCCCCCCCCC(=O)NC(C)=O. The molecule has 0 spiro atoms. The largest absolute Gasteiger partial charge is 0.297 e. The van der Waals surface area contributed by atoms with Gasteiger partial charge in [-0.05, 0) is 19.3 Å². The molecule has 0 saturated carbocycles. The third kappa shape index (κ3) is 18.8. The van der Waals surface area contributed by atoms with Crippen LogP contribution < -0.4 is 5.32 Å². The highest BCUT2D eigenvalue weighted by Crippen LogP contribution is 2.13. The van der Waals surface area contributed by atoms with E-state index in [0.29, 0.717) is 6.42 Å². The van der Waals surface area contributed by atoms with Crippen LogP contribution in [0.25, 0.3) is 0 Å². The van der Waals surface area contributed by atoms with Gasteiger partial charge in [0.25, 0.3) is 0 Å². The molecule has 0 bridgehead atoms. The minimum atomic E-state index is -0.258. The number of rotatable bonds is 16. The van der Waals surface area contributed by atoms with Crippen molar-refractivity contribution < 1.29 is 9.59 Å². The van der Waals surface area contributed by atoms with E-state index < -0.39 is 0 Å². The normalized spacial score (nSPS) is 10.5. The van der Waals surface area contributed by atoms with Gasteiger partial charge in [0.1, 0.15) is 0 Å². The molecule has 0 aromatic rings. The van der Waals surface area contributed by atoms with Crippen molar-refractivity contribution in [3.05, 3.63) is 12.7 Å². The van der Waals surface area contributed by atoms with Crippen LogP contribution in [0.4, 0.5) is 0 Å². The number of allylic oxidation sites excluding steroid dienone is 1. The lowest BCUT2D eigenvalue weighted by molar-refractivity contribution is -0.129. The van der Waals surface area contributed by atoms with Gasteiger partial charge in [0.05, 0.1) is 0 Å². The molecule has 0 heterocycles. The molecule has 0 aliphatic carbocycles. The van der Waals surface area contributed by atoms with Crippen LogP contribution >= 0.6 is 0 Å². The molecule has 0 rings (SSSR count). The fourth-order valence-corrected chi connectivity index (χ4v) is 2.78. The van der Waals surface area contributed by atoms with Gasteiger partial charge in [0, 0.05) is 13.3 Å². The summed E-state index contributed by atoms with van der Waals surface area (Å²) in [7, 11) is 0. The molecule has 0 aliphatic heterocycles. The zero-order valence-corrected chi connectivity index (χ0v) is 15.2. The molecule has 2 amide bonds. The van der Waals surface area contributed by atoms with Crippen molar-refractivity contribution in [2.45, 2.75) is 103 Å². The van der Waals surface area contributed by atoms with Crippen molar-refractivity contribution in [2.75, 3.05) is 0 Å². The maximum Gasteiger partial charge on any atom is 0.226 e. The monoisotopic (exact) mass is 323 g/mol. The van der Waals surface area contributed by atoms with Crippen molar-refractivity contribution in [1.82, 2.24) is 5.32 Å². The second-order valence-electron chi connectivity index (χ2n) is 6.53. The second kappa shape index (κ2) is 17.2. The standard InChI is InChI=1S/C20H37NO2/c1-3-4-5-6-7-8-9-10-11-12-13-14-15-16-17-18-20(23)21-19(2)22/h3H,1,4-18H2,2H3,(H,21,22,23). The molecular formula is C20H37NO2. The number of carbonyl (C=O) groups excluding carboxylic acids is 2. The molecule has 0 saturated heterocycles. The highest BCUT2D eigenvalue weighted by atomic mass is 16.2. The highest BCUT2D eigenvalue weighted by molar-refractivity contribution is 5.93. The summed E-state index contributed by atoms with van der Waals surface area (Å²) in [4.78, 5) is 21.9. The summed E-state index contributed by atoms with van der Waals surface area (Å²) >= 11 is 0. The van der Waals surface area contributed by atoms with Crippen LogP contribution in [0.15, 0.2) is 12.7 Å². The quantitative estimate of drug-likeness (QED) is 0.293. The first kappa shape index (κ1) is 21.9. The first-order valence-corrected chi connectivity index (χ1v) is 9.58. The average molecular weight is 324 g/mol. The van der Waals surface area contributed by atoms with Gasteiger partial charge in [-0.1, -0.05) is 76.7 Å². The third-order valence-corrected chi connectivity index (χ3v) is 4.13. The number of amides is 2. The molecular weight excluding hydrogens is 286 g/mol. The van der Waals surface area contributed by atoms with E-state index in [4.69, 9.17) is 0 Å². The Kier molecular flexibility index (Phi) is 16.4. The topological polar surface area (TPSA) is 46.2 Å². The lowest BCUT2D eigenvalue weighted by Gasteiger charge is -2.03. The van der Waals surface area contributed by atoms with E-state index in [9.17, 15) is 9.59 Å². The molecule has 0 aromatic heterocycles. The Morgan fingerprint density at radius 2 is 1.13 bits per heavy atom. The molecule has 134 valence electrons. The summed E-state index contributed by atoms with van der Waals surface area (Å²) in [5, 5.41) is 2.31. The number of hydrogen-bond donors (Lipinski definition) is 1. The van der Waals surface area contributed by atoms with Crippen LogP contribution in [-0.2, 0) is 9.59 Å². The smallest absolute Gasteiger partial charge is 0.226 e. The maximum absolute atomic E-state index is 11.3. The zero-order valence-electron chi connectivity index (χ0n) is 15.2. The molecule has 1 N–H and O–H groups in total. The molecule has 0 radical (unpaired) electrons.